The number of carbonyl (C=O) groups excluding carboxylic acids is 4. The van der Waals surface area contributed by atoms with Crippen molar-refractivity contribution in [3.63, 3.8) is 0 Å². The van der Waals surface area contributed by atoms with Gasteiger partial charge in [-0.2, -0.15) is 4.98 Å². The highest BCUT2D eigenvalue weighted by atomic mass is 16.5. The summed E-state index contributed by atoms with van der Waals surface area (Å²) in [4.78, 5) is 54.9. The lowest BCUT2D eigenvalue weighted by Gasteiger charge is -2.23. The molecule has 2 N–H and O–H groups in total. The number of nitrogens with one attached hydrogen (secondary N) is 2. The Hall–Kier alpha value is -4.47. The molecule has 2 aromatic carbocycles. The number of alkyl carbamates (subject to hydrolysis) is 1. The maximum absolute atomic E-state index is 13.3. The minimum atomic E-state index is -1.03. The minimum Gasteiger partial charge on any atom is -0.464 e. The average molecular weight is 536 g/mol. The van der Waals surface area contributed by atoms with Gasteiger partial charge in [-0.05, 0) is 36.3 Å². The first-order valence-corrected chi connectivity index (χ1v) is 12.7. The van der Waals surface area contributed by atoms with Gasteiger partial charge in [0.1, 0.15) is 18.9 Å². The van der Waals surface area contributed by atoms with Gasteiger partial charge in [-0.25, -0.2) is 9.59 Å². The summed E-state index contributed by atoms with van der Waals surface area (Å²) >= 11 is 0. The van der Waals surface area contributed by atoms with E-state index in [0.717, 1.165) is 17.4 Å². The zero-order chi connectivity index (χ0) is 28.2. The van der Waals surface area contributed by atoms with E-state index >= 15 is 0 Å². The third-order valence-electron chi connectivity index (χ3n) is 5.84. The second kappa shape index (κ2) is 14.5. The molecular formula is C29H33N3O7. The van der Waals surface area contributed by atoms with Crippen LogP contribution in [0.25, 0.3) is 0 Å². The molecule has 0 aliphatic carbocycles. The van der Waals surface area contributed by atoms with Crippen molar-refractivity contribution in [1.82, 2.24) is 15.6 Å². The second-order valence-corrected chi connectivity index (χ2v) is 9.37. The summed E-state index contributed by atoms with van der Waals surface area (Å²) in [6.07, 6.45) is 1.31. The number of aromatic nitrogens is 1. The van der Waals surface area contributed by atoms with Crippen LogP contribution < -0.4 is 10.6 Å². The van der Waals surface area contributed by atoms with Crippen molar-refractivity contribution < 1.29 is 33.1 Å². The number of rotatable bonds is 13. The fraction of sp³-hybridized carbons (Fsp3) is 0.345. The summed E-state index contributed by atoms with van der Waals surface area (Å²) in [7, 11) is 1.19. The fourth-order valence-electron chi connectivity index (χ4n) is 3.84. The van der Waals surface area contributed by atoms with Gasteiger partial charge in [-0.15, -0.1) is 0 Å². The monoisotopic (exact) mass is 535 g/mol. The molecule has 0 aliphatic rings. The molecule has 0 saturated heterocycles. The van der Waals surface area contributed by atoms with E-state index in [1.54, 1.807) is 0 Å². The maximum atomic E-state index is 13.3. The topological polar surface area (TPSA) is 137 Å². The third-order valence-corrected chi connectivity index (χ3v) is 5.84. The van der Waals surface area contributed by atoms with Gasteiger partial charge in [0.25, 0.3) is 5.89 Å². The number of benzene rings is 2. The minimum absolute atomic E-state index is 0.0492. The largest absolute Gasteiger partial charge is 0.464 e. The van der Waals surface area contributed by atoms with Crippen LogP contribution in [0.2, 0.25) is 0 Å². The van der Waals surface area contributed by atoms with Gasteiger partial charge in [0, 0.05) is 0 Å². The Balaban J connectivity index is 1.73. The van der Waals surface area contributed by atoms with E-state index in [2.05, 4.69) is 20.4 Å². The number of oxazole rings is 1. The highest BCUT2D eigenvalue weighted by Crippen LogP contribution is 2.13. The first kappa shape index (κ1) is 29.1. The molecule has 0 aliphatic heterocycles. The molecule has 0 spiro atoms. The summed E-state index contributed by atoms with van der Waals surface area (Å²) < 4.78 is 15.1. The number of aryl methyl sites for hydroxylation is 1. The molecule has 39 heavy (non-hydrogen) atoms. The van der Waals surface area contributed by atoms with Gasteiger partial charge in [0.15, 0.2) is 5.69 Å². The van der Waals surface area contributed by atoms with Crippen LogP contribution >= 0.6 is 0 Å². The average Bonchev–Trinajstić information content (AvgIpc) is 3.44. The van der Waals surface area contributed by atoms with Crippen molar-refractivity contribution in [3.8, 4) is 0 Å². The van der Waals surface area contributed by atoms with E-state index in [1.807, 2.05) is 74.5 Å². The molecule has 3 aromatic rings. The van der Waals surface area contributed by atoms with Gasteiger partial charge in [0.05, 0.1) is 13.2 Å². The highest BCUT2D eigenvalue weighted by molar-refractivity contribution is 6.00. The number of methoxy groups -OCH3 is 1. The molecule has 10 heteroatoms. The molecule has 1 heterocycles. The van der Waals surface area contributed by atoms with Gasteiger partial charge < -0.3 is 24.5 Å². The molecule has 2 amide bonds. The van der Waals surface area contributed by atoms with Crippen molar-refractivity contribution in [3.05, 3.63) is 89.6 Å². The van der Waals surface area contributed by atoms with Crippen LogP contribution in [0, 0.1) is 5.92 Å². The predicted molar refractivity (Wildman–Crippen MR) is 142 cm³/mol. The Morgan fingerprint density at radius 1 is 0.897 bits per heavy atom. The lowest BCUT2D eigenvalue weighted by atomic mass is 9.99. The molecule has 0 fully saturated rings. The van der Waals surface area contributed by atoms with Crippen molar-refractivity contribution in [2.75, 3.05) is 7.11 Å². The molecular weight excluding hydrogens is 502 g/mol. The molecule has 3 rings (SSSR count). The van der Waals surface area contributed by atoms with Crippen LogP contribution in [0.3, 0.4) is 0 Å². The van der Waals surface area contributed by atoms with Crippen molar-refractivity contribution in [2.45, 2.75) is 51.8 Å². The summed E-state index contributed by atoms with van der Waals surface area (Å²) in [6, 6.07) is 16.7. The Kier molecular flexibility index (Phi) is 10.8. The zero-order valence-corrected chi connectivity index (χ0v) is 22.2. The molecule has 10 nitrogen and oxygen atoms in total. The van der Waals surface area contributed by atoms with Gasteiger partial charge in [0.2, 0.25) is 11.7 Å². The summed E-state index contributed by atoms with van der Waals surface area (Å²) in [5, 5.41) is 5.37. The van der Waals surface area contributed by atoms with E-state index in [9.17, 15) is 19.2 Å². The Labute approximate surface area is 227 Å². The first-order valence-electron chi connectivity index (χ1n) is 12.7. The fourth-order valence-corrected chi connectivity index (χ4v) is 3.84. The number of amides is 2. The van der Waals surface area contributed by atoms with Gasteiger partial charge in [-0.1, -0.05) is 74.5 Å². The van der Waals surface area contributed by atoms with Crippen molar-refractivity contribution in [1.29, 1.82) is 0 Å². The summed E-state index contributed by atoms with van der Waals surface area (Å²) in [5.41, 5.74) is 1.62. The molecule has 0 bridgehead atoms. The maximum Gasteiger partial charge on any atom is 0.408 e. The third kappa shape index (κ3) is 9.10. The zero-order valence-electron chi connectivity index (χ0n) is 22.2. The lowest BCUT2D eigenvalue weighted by molar-refractivity contribution is -0.124. The Morgan fingerprint density at radius 2 is 1.54 bits per heavy atom. The van der Waals surface area contributed by atoms with E-state index in [1.165, 1.54) is 7.11 Å². The second-order valence-electron chi connectivity index (χ2n) is 9.37. The smallest absolute Gasteiger partial charge is 0.408 e. The number of Topliss-reactive ketones (excluding diaryl/α,β-unsaturated/α-hetero) is 1. The Morgan fingerprint density at radius 3 is 2.15 bits per heavy atom. The van der Waals surface area contributed by atoms with Crippen LogP contribution in [-0.4, -0.2) is 47.9 Å². The number of hydrogen-bond acceptors (Lipinski definition) is 8. The summed E-state index contributed by atoms with van der Waals surface area (Å²) in [5.74, 6) is -2.18. The molecule has 1 aromatic heterocycles. The van der Waals surface area contributed by atoms with E-state index in [0.29, 0.717) is 12.8 Å². The number of esters is 1. The van der Waals surface area contributed by atoms with Crippen molar-refractivity contribution in [2.24, 2.45) is 5.92 Å². The lowest BCUT2D eigenvalue weighted by Crippen LogP contribution is -2.52. The SMILES string of the molecule is COC(=O)c1coc(C(=O)C(CCc2ccccc2)NC(=O)C(CC(C)C)NC(=O)OCc2ccccc2)n1. The summed E-state index contributed by atoms with van der Waals surface area (Å²) in [6.45, 7) is 3.88. The van der Waals surface area contributed by atoms with Gasteiger partial charge in [-0.3, -0.25) is 9.59 Å². The Bertz CT molecular complexity index is 1240. The number of hydrogen-bond donors (Lipinski definition) is 2. The molecule has 2 unspecified atom stereocenters. The predicted octanol–water partition coefficient (Wildman–Crippen LogP) is 4.10. The molecule has 0 radical (unpaired) electrons. The molecule has 0 saturated carbocycles. The van der Waals surface area contributed by atoms with Crippen LogP contribution in [0.5, 0.6) is 0 Å². The van der Waals surface area contributed by atoms with Crippen LogP contribution in [0.4, 0.5) is 4.79 Å². The number of ketones is 1. The van der Waals surface area contributed by atoms with Crippen LogP contribution in [0.1, 0.15) is 59.0 Å². The first-order chi connectivity index (χ1) is 18.8. The highest BCUT2D eigenvalue weighted by Gasteiger charge is 2.31. The standard InChI is InChI=1S/C29H33N3O7/c1-19(2)16-23(32-29(36)39-17-21-12-8-5-9-13-21)26(34)30-22(15-14-20-10-6-4-7-11-20)25(33)27-31-24(18-38-27)28(35)37-3/h4-13,18-19,22-23H,14-17H2,1-3H3,(H,30,34)(H,32,36). The van der Waals surface area contributed by atoms with E-state index in [4.69, 9.17) is 9.15 Å². The normalized spacial score (nSPS) is 12.3. The number of ether oxygens (including phenoxy) is 2. The number of nitrogens with zero attached hydrogens (tertiary/aromatic N) is 1. The van der Waals surface area contributed by atoms with E-state index in [-0.39, 0.29) is 30.5 Å². The van der Waals surface area contributed by atoms with Crippen LogP contribution in [0.15, 0.2) is 71.3 Å². The van der Waals surface area contributed by atoms with Gasteiger partial charge >= 0.3 is 12.1 Å². The quantitative estimate of drug-likeness (QED) is 0.247. The number of carbonyl (C=O) groups is 4. The van der Waals surface area contributed by atoms with Crippen LogP contribution in [-0.2, 0) is 27.3 Å². The van der Waals surface area contributed by atoms with E-state index < -0.39 is 35.8 Å². The van der Waals surface area contributed by atoms with Crippen molar-refractivity contribution >= 4 is 23.8 Å². The molecule has 206 valence electrons. The molecule has 2 atom stereocenters.